The first-order chi connectivity index (χ1) is 11.4. The zero-order valence-corrected chi connectivity index (χ0v) is 15.0. The van der Waals surface area contributed by atoms with Crippen molar-refractivity contribution in [1.82, 2.24) is 14.7 Å². The minimum atomic E-state index is 0.0209. The molecule has 1 fully saturated rings. The number of phenols is 1. The van der Waals surface area contributed by atoms with Gasteiger partial charge in [0, 0.05) is 37.3 Å². The van der Waals surface area contributed by atoms with Gasteiger partial charge < -0.3 is 10.0 Å². The average Bonchev–Trinajstić information content (AvgIpc) is 3.16. The fraction of sp³-hybridized carbons (Fsp3) is 0.444. The van der Waals surface area contributed by atoms with Crippen molar-refractivity contribution in [3.05, 3.63) is 45.7 Å². The van der Waals surface area contributed by atoms with Crippen LogP contribution in [0.1, 0.15) is 46.4 Å². The molecule has 1 N–H and O–H groups in total. The number of carbonyl (C=O) groups is 1. The normalized spacial score (nSPS) is 17.5. The largest absolute Gasteiger partial charge is 0.508 e. The van der Waals surface area contributed by atoms with Crippen molar-refractivity contribution in [3.8, 4) is 5.75 Å². The highest BCUT2D eigenvalue weighted by molar-refractivity contribution is 6.31. The smallest absolute Gasteiger partial charge is 0.257 e. The van der Waals surface area contributed by atoms with Gasteiger partial charge in [-0.15, -0.1) is 0 Å². The molecule has 1 aromatic carbocycles. The van der Waals surface area contributed by atoms with Crippen molar-refractivity contribution < 1.29 is 9.90 Å². The Morgan fingerprint density at radius 3 is 2.92 bits per heavy atom. The summed E-state index contributed by atoms with van der Waals surface area (Å²) in [6, 6.07) is 3.52. The van der Waals surface area contributed by atoms with Gasteiger partial charge in [-0.25, -0.2) is 0 Å². The number of carbonyl (C=O) groups excluding carboxylic acids is 1. The van der Waals surface area contributed by atoms with Gasteiger partial charge in [-0.2, -0.15) is 5.10 Å². The number of halogens is 1. The SMILES string of the molecule is CCc1nn(C)cc1C(=O)N1CCC(c2cc(C)c(Cl)cc2O)C1. The molecule has 24 heavy (non-hydrogen) atoms. The first-order valence-corrected chi connectivity index (χ1v) is 8.59. The number of aromatic hydroxyl groups is 1. The fourth-order valence-corrected chi connectivity index (χ4v) is 3.52. The standard InChI is InChI=1S/C18H22ClN3O2/c1-4-16-14(10-21(3)20-16)18(24)22-6-5-12(9-22)13-7-11(2)15(19)8-17(13)23/h7-8,10,12,23H,4-6,9H2,1-3H3. The third kappa shape index (κ3) is 3.00. The van der Waals surface area contributed by atoms with Gasteiger partial charge >= 0.3 is 0 Å². The second-order valence-corrected chi connectivity index (χ2v) is 6.82. The van der Waals surface area contributed by atoms with Gasteiger partial charge in [0.2, 0.25) is 0 Å². The van der Waals surface area contributed by atoms with Crippen LogP contribution in [-0.2, 0) is 13.5 Å². The number of hydrogen-bond donors (Lipinski definition) is 1. The molecule has 6 heteroatoms. The third-order valence-electron chi connectivity index (χ3n) is 4.69. The molecule has 1 aromatic heterocycles. The zero-order chi connectivity index (χ0) is 17.4. The molecule has 1 amide bonds. The lowest BCUT2D eigenvalue weighted by Gasteiger charge is -2.17. The summed E-state index contributed by atoms with van der Waals surface area (Å²) in [5, 5.41) is 15.1. The Hall–Kier alpha value is -2.01. The molecular weight excluding hydrogens is 326 g/mol. The minimum absolute atomic E-state index is 0.0209. The lowest BCUT2D eigenvalue weighted by molar-refractivity contribution is 0.0789. The number of nitrogens with zero attached hydrogens (tertiary/aromatic N) is 3. The maximum absolute atomic E-state index is 12.8. The molecule has 0 radical (unpaired) electrons. The lowest BCUT2D eigenvalue weighted by atomic mass is 9.96. The molecule has 1 aliphatic rings. The Balaban J connectivity index is 1.80. The summed E-state index contributed by atoms with van der Waals surface area (Å²) in [4.78, 5) is 14.7. The molecule has 5 nitrogen and oxygen atoms in total. The van der Waals surface area contributed by atoms with E-state index in [4.69, 9.17) is 11.6 Å². The molecule has 3 rings (SSSR count). The Morgan fingerprint density at radius 1 is 1.46 bits per heavy atom. The number of aryl methyl sites for hydroxylation is 3. The maximum atomic E-state index is 12.8. The summed E-state index contributed by atoms with van der Waals surface area (Å²) in [5.41, 5.74) is 3.32. The van der Waals surface area contributed by atoms with E-state index in [9.17, 15) is 9.90 Å². The number of rotatable bonds is 3. The van der Waals surface area contributed by atoms with Crippen LogP contribution < -0.4 is 0 Å². The zero-order valence-electron chi connectivity index (χ0n) is 14.2. The van der Waals surface area contributed by atoms with E-state index in [0.29, 0.717) is 23.7 Å². The molecule has 1 saturated heterocycles. The van der Waals surface area contributed by atoms with Crippen molar-refractivity contribution in [2.75, 3.05) is 13.1 Å². The molecule has 2 heterocycles. The van der Waals surface area contributed by atoms with Gasteiger partial charge in [0.25, 0.3) is 5.91 Å². The number of hydrogen-bond acceptors (Lipinski definition) is 3. The Bertz CT molecular complexity index is 785. The van der Waals surface area contributed by atoms with E-state index in [2.05, 4.69) is 5.10 Å². The molecule has 1 atom stereocenters. The van der Waals surface area contributed by atoms with Gasteiger partial charge in [0.1, 0.15) is 5.75 Å². The van der Waals surface area contributed by atoms with E-state index >= 15 is 0 Å². The van der Waals surface area contributed by atoms with Crippen molar-refractivity contribution in [1.29, 1.82) is 0 Å². The number of likely N-dealkylation sites (tertiary alicyclic amines) is 1. The summed E-state index contributed by atoms with van der Waals surface area (Å²) >= 11 is 6.05. The van der Waals surface area contributed by atoms with Crippen molar-refractivity contribution >= 4 is 17.5 Å². The van der Waals surface area contributed by atoms with Gasteiger partial charge in [-0.1, -0.05) is 24.6 Å². The molecule has 128 valence electrons. The van der Waals surface area contributed by atoms with E-state index in [0.717, 1.165) is 29.7 Å². The predicted molar refractivity (Wildman–Crippen MR) is 93.7 cm³/mol. The maximum Gasteiger partial charge on any atom is 0.257 e. The number of aromatic nitrogens is 2. The third-order valence-corrected chi connectivity index (χ3v) is 5.10. The van der Waals surface area contributed by atoms with E-state index in [-0.39, 0.29) is 17.6 Å². The van der Waals surface area contributed by atoms with Crippen LogP contribution in [-0.4, -0.2) is 38.8 Å². The topological polar surface area (TPSA) is 58.4 Å². The Kier molecular flexibility index (Phi) is 4.54. The molecule has 0 aliphatic carbocycles. The lowest BCUT2D eigenvalue weighted by Crippen LogP contribution is -2.29. The van der Waals surface area contributed by atoms with Crippen LogP contribution in [0.2, 0.25) is 5.02 Å². The predicted octanol–water partition coefficient (Wildman–Crippen LogP) is 3.28. The quantitative estimate of drug-likeness (QED) is 0.927. The highest BCUT2D eigenvalue weighted by Crippen LogP contribution is 2.36. The average molecular weight is 348 g/mol. The van der Waals surface area contributed by atoms with E-state index in [1.165, 1.54) is 0 Å². The number of benzene rings is 1. The van der Waals surface area contributed by atoms with E-state index < -0.39 is 0 Å². The molecule has 0 saturated carbocycles. The summed E-state index contributed by atoms with van der Waals surface area (Å²) in [5.74, 6) is 0.361. The van der Waals surface area contributed by atoms with E-state index in [1.807, 2.05) is 31.9 Å². The van der Waals surface area contributed by atoms with Crippen LogP contribution in [0, 0.1) is 6.92 Å². The molecule has 1 unspecified atom stereocenters. The monoisotopic (exact) mass is 347 g/mol. The number of phenolic OH excluding ortho intramolecular Hbond substituents is 1. The summed E-state index contributed by atoms with van der Waals surface area (Å²) in [6.07, 6.45) is 3.36. The highest BCUT2D eigenvalue weighted by atomic mass is 35.5. The van der Waals surface area contributed by atoms with Crippen LogP contribution in [0.3, 0.4) is 0 Å². The van der Waals surface area contributed by atoms with Crippen LogP contribution >= 0.6 is 11.6 Å². The molecule has 0 spiro atoms. The van der Waals surface area contributed by atoms with Crippen LogP contribution in [0.15, 0.2) is 18.3 Å². The van der Waals surface area contributed by atoms with Crippen molar-refractivity contribution in [2.24, 2.45) is 7.05 Å². The minimum Gasteiger partial charge on any atom is -0.508 e. The second kappa shape index (κ2) is 6.48. The fourth-order valence-electron chi connectivity index (χ4n) is 3.36. The van der Waals surface area contributed by atoms with Crippen molar-refractivity contribution in [2.45, 2.75) is 32.6 Å². The molecule has 2 aromatic rings. The second-order valence-electron chi connectivity index (χ2n) is 6.41. The van der Waals surface area contributed by atoms with Gasteiger partial charge in [0.05, 0.1) is 11.3 Å². The van der Waals surface area contributed by atoms with E-state index in [1.54, 1.807) is 16.9 Å². The Morgan fingerprint density at radius 2 is 2.21 bits per heavy atom. The van der Waals surface area contributed by atoms with Gasteiger partial charge in [-0.05, 0) is 37.0 Å². The number of amides is 1. The highest BCUT2D eigenvalue weighted by Gasteiger charge is 2.31. The first kappa shape index (κ1) is 16.8. The first-order valence-electron chi connectivity index (χ1n) is 8.21. The van der Waals surface area contributed by atoms with Gasteiger partial charge in [-0.3, -0.25) is 9.48 Å². The summed E-state index contributed by atoms with van der Waals surface area (Å²) in [7, 11) is 1.83. The molecular formula is C18H22ClN3O2. The van der Waals surface area contributed by atoms with Crippen molar-refractivity contribution in [3.63, 3.8) is 0 Å². The molecule has 0 bridgehead atoms. The Labute approximate surface area is 146 Å². The van der Waals surface area contributed by atoms with Crippen LogP contribution in [0.4, 0.5) is 0 Å². The summed E-state index contributed by atoms with van der Waals surface area (Å²) < 4.78 is 1.69. The van der Waals surface area contributed by atoms with Gasteiger partial charge in [0.15, 0.2) is 0 Å². The molecule has 1 aliphatic heterocycles. The summed E-state index contributed by atoms with van der Waals surface area (Å²) in [6.45, 7) is 5.21. The van der Waals surface area contributed by atoms with Crippen LogP contribution in [0.5, 0.6) is 5.75 Å². The van der Waals surface area contributed by atoms with Crippen LogP contribution in [0.25, 0.3) is 0 Å².